The van der Waals surface area contributed by atoms with Crippen molar-refractivity contribution in [3.05, 3.63) is 170 Å². The van der Waals surface area contributed by atoms with Gasteiger partial charge in [-0.05, 0) is 185 Å². The molecule has 2 N–H and O–H groups in total. The number of benzene rings is 5. The molecule has 0 spiro atoms. The average molecular weight is 999 g/mol. The highest BCUT2D eigenvalue weighted by Gasteiger charge is 2.52. The monoisotopic (exact) mass is 999 g/mol. The van der Waals surface area contributed by atoms with E-state index in [2.05, 4.69) is 199 Å². The summed E-state index contributed by atoms with van der Waals surface area (Å²) in [5.74, 6) is 0. The Morgan fingerprint density at radius 1 is 0.527 bits per heavy atom. The van der Waals surface area contributed by atoms with E-state index in [4.69, 9.17) is 18.9 Å². The Hall–Kier alpha value is -5.14. The van der Waals surface area contributed by atoms with E-state index in [1.165, 1.54) is 72.3 Å². The lowest BCUT2D eigenvalue weighted by Crippen LogP contribution is -2.41. The Labute approximate surface area is 446 Å². The predicted octanol–water partition coefficient (Wildman–Crippen LogP) is 15.4. The van der Waals surface area contributed by atoms with Gasteiger partial charge in [0.1, 0.15) is 0 Å². The van der Waals surface area contributed by atoms with Gasteiger partial charge in [0.15, 0.2) is 0 Å². The van der Waals surface area contributed by atoms with Gasteiger partial charge in [0, 0.05) is 10.8 Å². The van der Waals surface area contributed by atoms with Gasteiger partial charge in [0.25, 0.3) is 0 Å². The van der Waals surface area contributed by atoms with Gasteiger partial charge in [-0.3, -0.25) is 0 Å². The molecule has 0 aromatic heterocycles. The molecule has 0 unspecified atom stereocenters. The van der Waals surface area contributed by atoms with Crippen LogP contribution >= 0.6 is 0 Å². The van der Waals surface area contributed by atoms with Crippen LogP contribution in [-0.2, 0) is 36.1 Å². The summed E-state index contributed by atoms with van der Waals surface area (Å²) >= 11 is 0. The molecule has 3 aliphatic rings. The lowest BCUT2D eigenvalue weighted by molar-refractivity contribution is -0.191. The van der Waals surface area contributed by atoms with Crippen molar-refractivity contribution in [2.24, 2.45) is 0 Å². The topological polar surface area (TPSA) is 93.1 Å². The van der Waals surface area contributed by atoms with E-state index in [1.54, 1.807) is 0 Å². The molecule has 1 aliphatic heterocycles. The maximum absolute atomic E-state index is 10.7. The summed E-state index contributed by atoms with van der Waals surface area (Å²) in [6.07, 6.45) is 21.8. The van der Waals surface area contributed by atoms with Gasteiger partial charge < -0.3 is 19.5 Å². The van der Waals surface area contributed by atoms with Crippen LogP contribution < -0.4 is 5.46 Å². The number of hydrogen-bond donors (Lipinski definition) is 2. The van der Waals surface area contributed by atoms with Crippen LogP contribution in [-0.4, -0.2) is 45.9 Å². The molecule has 5 aromatic carbocycles. The Morgan fingerprint density at radius 2 is 0.892 bits per heavy atom. The van der Waals surface area contributed by atoms with E-state index < -0.39 is 11.2 Å². The van der Waals surface area contributed by atoms with Crippen LogP contribution in [0.25, 0.3) is 23.3 Å². The lowest BCUT2D eigenvalue weighted by atomic mass is 9.68. The smallest absolute Gasteiger partial charge is 0.399 e. The largest absolute Gasteiger partial charge is 0.495 e. The van der Waals surface area contributed by atoms with Crippen molar-refractivity contribution in [3.63, 3.8) is 0 Å². The molecule has 0 radical (unpaired) electrons. The van der Waals surface area contributed by atoms with Gasteiger partial charge in [-0.1, -0.05) is 187 Å². The van der Waals surface area contributed by atoms with Crippen molar-refractivity contribution in [2.75, 3.05) is 0 Å². The van der Waals surface area contributed by atoms with Crippen molar-refractivity contribution in [3.8, 4) is 11.1 Å². The van der Waals surface area contributed by atoms with Gasteiger partial charge in [0.05, 0.1) is 22.4 Å². The molecule has 7 heteroatoms. The third-order valence-electron chi connectivity index (χ3n) is 17.9. The minimum atomic E-state index is -0.627. The first-order valence-electron chi connectivity index (χ1n) is 27.8. The fourth-order valence-corrected chi connectivity index (χ4v) is 12.0. The second kappa shape index (κ2) is 24.2. The van der Waals surface area contributed by atoms with Crippen molar-refractivity contribution in [1.82, 2.24) is 0 Å². The molecule has 5 aromatic rings. The fraction of sp³-hybridized carbons (Fsp3) is 0.478. The number of aliphatic hydroxyl groups is 2. The van der Waals surface area contributed by atoms with Crippen LogP contribution in [0, 0.1) is 27.7 Å². The second-order valence-electron chi connectivity index (χ2n) is 22.8. The quantitative estimate of drug-likeness (QED) is 0.102. The zero-order chi connectivity index (χ0) is 54.1. The number of carbonyl (C=O) groups excluding carboxylic acids is 2. The zero-order valence-corrected chi connectivity index (χ0v) is 47.3. The first kappa shape index (κ1) is 58.1. The summed E-state index contributed by atoms with van der Waals surface area (Å²) in [6, 6.07) is 36.7. The highest BCUT2D eigenvalue weighted by Crippen LogP contribution is 2.44. The Kier molecular flexibility index (Phi) is 19.0. The van der Waals surface area contributed by atoms with Gasteiger partial charge >= 0.3 is 13.3 Å². The molecule has 8 rings (SSSR count). The van der Waals surface area contributed by atoms with Crippen LogP contribution in [0.2, 0.25) is 0 Å². The van der Waals surface area contributed by atoms with Crippen molar-refractivity contribution in [1.29, 1.82) is 0 Å². The summed E-state index contributed by atoms with van der Waals surface area (Å²) < 4.78 is 12.7. The third kappa shape index (κ3) is 12.6. The predicted molar refractivity (Wildman–Crippen MR) is 308 cm³/mol. The molecule has 0 amide bonds. The van der Waals surface area contributed by atoms with E-state index in [0.29, 0.717) is 0 Å². The first-order valence-corrected chi connectivity index (χ1v) is 27.8. The van der Waals surface area contributed by atoms with Gasteiger partial charge in [0.2, 0.25) is 0 Å². The fourth-order valence-electron chi connectivity index (χ4n) is 12.0. The molecular weight excluding hydrogens is 912 g/mol. The van der Waals surface area contributed by atoms with E-state index in [1.807, 2.05) is 12.2 Å². The van der Waals surface area contributed by atoms with Crippen LogP contribution in [0.4, 0.5) is 0 Å². The van der Waals surface area contributed by atoms with E-state index in [9.17, 15) is 10.2 Å². The summed E-state index contributed by atoms with van der Waals surface area (Å²) in [7, 11) is -0.343. The van der Waals surface area contributed by atoms with Crippen LogP contribution in [0.15, 0.2) is 109 Å². The molecule has 6 nitrogen and oxygen atoms in total. The highest BCUT2D eigenvalue weighted by molar-refractivity contribution is 6.62. The van der Waals surface area contributed by atoms with Crippen LogP contribution in [0.5, 0.6) is 0 Å². The number of aryl methyl sites for hydroxylation is 5. The minimum Gasteiger partial charge on any atom is -0.399 e. The molecular formula is C67H87BO6. The molecule has 0 atom stereocenters. The van der Waals surface area contributed by atoms with Crippen molar-refractivity contribution >= 4 is 30.9 Å². The maximum Gasteiger partial charge on any atom is 0.495 e. The SMILES string of the molecule is CCC(CC)(c1ccc(/C=C/C2(O)CCCC2)c(C)c1)c1ccc(B2OC(C)(C)C(C)(C)O2)c(C)c1.CCc1ccc(-c2ccc(C(CC)(CC)c3ccc(/C=C/C4(O)CCCC4)c(C)c3)cc2C)cc1.O=C=O. The maximum atomic E-state index is 10.7. The van der Waals surface area contributed by atoms with Gasteiger partial charge in [-0.15, -0.1) is 0 Å². The number of hydrogen-bond acceptors (Lipinski definition) is 6. The average Bonchev–Trinajstić information content (AvgIpc) is 4.08. The van der Waals surface area contributed by atoms with E-state index in [-0.39, 0.29) is 35.3 Å². The first-order chi connectivity index (χ1) is 35.1. The summed E-state index contributed by atoms with van der Waals surface area (Å²) in [4.78, 5) is 16.2. The summed E-state index contributed by atoms with van der Waals surface area (Å²) in [5, 5.41) is 21.5. The molecule has 3 fully saturated rings. The Morgan fingerprint density at radius 3 is 1.24 bits per heavy atom. The molecule has 1 heterocycles. The Balaban J connectivity index is 0.000000229. The molecule has 2 saturated carbocycles. The normalized spacial score (nSPS) is 17.7. The van der Waals surface area contributed by atoms with Crippen molar-refractivity contribution < 1.29 is 29.1 Å². The highest BCUT2D eigenvalue weighted by atomic mass is 16.7. The molecule has 2 aliphatic carbocycles. The Bertz CT molecular complexity index is 2750. The van der Waals surface area contributed by atoms with E-state index in [0.717, 1.165) is 88.9 Å². The van der Waals surface area contributed by atoms with Gasteiger partial charge in [-0.2, -0.15) is 9.59 Å². The number of rotatable bonds is 15. The van der Waals surface area contributed by atoms with Gasteiger partial charge in [-0.25, -0.2) is 0 Å². The lowest BCUT2D eigenvalue weighted by Gasteiger charge is -2.34. The van der Waals surface area contributed by atoms with Crippen molar-refractivity contribution in [2.45, 2.75) is 207 Å². The molecule has 0 bridgehead atoms. The molecule has 1 saturated heterocycles. The second-order valence-corrected chi connectivity index (χ2v) is 22.8. The standard InChI is InChI=1S/C34H42O.C32H45BO3.CO2/c1-6-27-11-13-29(14-12-27)32-18-17-31(24-26(32)5)34(7-2,8-3)30-16-15-28(25(4)23-30)19-22-33(35)20-9-10-21-33;1-9-32(10-2,26-14-13-25(23(3)21-26)17-20-31(34)18-11-12-19-31)27-15-16-28(24(4)22-27)33-35-29(5,6)30(7,8)36-33;2-1-3/h11-19,22-24,35H,6-10,20-21H2,1-5H3;13-17,20-22,34H,9-12,18-19H2,1-8H3;/b22-19+;20-17+;. The minimum absolute atomic E-state index is 0.00792. The van der Waals surface area contributed by atoms with Crippen LogP contribution in [0.3, 0.4) is 0 Å². The van der Waals surface area contributed by atoms with E-state index >= 15 is 0 Å². The molecule has 394 valence electrons. The summed E-state index contributed by atoms with van der Waals surface area (Å²) in [6.45, 7) is 28.6. The third-order valence-corrected chi connectivity index (χ3v) is 17.9. The van der Waals surface area contributed by atoms with Crippen LogP contribution in [0.1, 0.15) is 201 Å². The molecule has 74 heavy (non-hydrogen) atoms. The zero-order valence-electron chi connectivity index (χ0n) is 47.3. The summed E-state index contributed by atoms with van der Waals surface area (Å²) in [5.41, 5.74) is 16.0.